The van der Waals surface area contributed by atoms with Gasteiger partial charge >= 0.3 is 0 Å². The number of aromatic nitrogens is 2. The second kappa shape index (κ2) is 5.40. The highest BCUT2D eigenvalue weighted by atomic mass is 32.1. The second-order valence-electron chi connectivity index (χ2n) is 5.60. The summed E-state index contributed by atoms with van der Waals surface area (Å²) in [4.78, 5) is 23.6. The van der Waals surface area contributed by atoms with Gasteiger partial charge in [-0.15, -0.1) is 11.3 Å². The van der Waals surface area contributed by atoms with Gasteiger partial charge in [-0.25, -0.2) is 4.98 Å². The lowest BCUT2D eigenvalue weighted by atomic mass is 9.90. The van der Waals surface area contributed by atoms with Crippen LogP contribution in [0.4, 0.5) is 0 Å². The van der Waals surface area contributed by atoms with Gasteiger partial charge in [0.1, 0.15) is 5.82 Å². The van der Waals surface area contributed by atoms with Gasteiger partial charge in [-0.1, -0.05) is 6.92 Å². The number of amides is 1. The quantitative estimate of drug-likeness (QED) is 0.944. The largest absolute Gasteiger partial charge is 0.347 e. The maximum atomic E-state index is 12.5. The number of nitrogens with zero attached hydrogens (tertiary/aromatic N) is 2. The summed E-state index contributed by atoms with van der Waals surface area (Å²) in [5, 5.41) is 0. The topological polar surface area (TPSA) is 49.0 Å². The molecule has 1 aliphatic rings. The molecule has 1 unspecified atom stereocenters. The van der Waals surface area contributed by atoms with Crippen LogP contribution in [0.2, 0.25) is 0 Å². The van der Waals surface area contributed by atoms with Crippen LogP contribution < -0.4 is 0 Å². The zero-order chi connectivity index (χ0) is 14.1. The maximum Gasteiger partial charge on any atom is 0.264 e. The number of aryl methyl sites for hydroxylation is 1. The molecule has 1 aliphatic carbocycles. The number of aromatic amines is 1. The Morgan fingerprint density at radius 1 is 1.60 bits per heavy atom. The number of imidazole rings is 1. The normalized spacial score (nSPS) is 17.8. The molecule has 5 heteroatoms. The van der Waals surface area contributed by atoms with Crippen molar-refractivity contribution in [2.24, 2.45) is 5.92 Å². The Morgan fingerprint density at radius 2 is 2.45 bits per heavy atom. The first-order chi connectivity index (χ1) is 9.63. The first-order valence-corrected chi connectivity index (χ1v) is 7.80. The highest BCUT2D eigenvalue weighted by Crippen LogP contribution is 2.32. The third kappa shape index (κ3) is 2.63. The Hall–Kier alpha value is -1.62. The summed E-state index contributed by atoms with van der Waals surface area (Å²) in [6.45, 7) is 2.80. The molecular formula is C15H19N3OS. The molecule has 0 radical (unpaired) electrons. The number of hydrogen-bond donors (Lipinski definition) is 1. The summed E-state index contributed by atoms with van der Waals surface area (Å²) in [6, 6.07) is 2.09. The van der Waals surface area contributed by atoms with Crippen molar-refractivity contribution >= 4 is 17.2 Å². The summed E-state index contributed by atoms with van der Waals surface area (Å²) in [6.07, 6.45) is 6.96. The first-order valence-electron chi connectivity index (χ1n) is 6.99. The van der Waals surface area contributed by atoms with Gasteiger partial charge in [0, 0.05) is 24.3 Å². The minimum absolute atomic E-state index is 0.0912. The Bertz CT molecular complexity index is 603. The molecule has 20 heavy (non-hydrogen) atoms. The summed E-state index contributed by atoms with van der Waals surface area (Å²) < 4.78 is 0. The van der Waals surface area contributed by atoms with E-state index in [9.17, 15) is 4.79 Å². The van der Waals surface area contributed by atoms with Gasteiger partial charge in [-0.2, -0.15) is 0 Å². The van der Waals surface area contributed by atoms with E-state index in [1.807, 2.05) is 7.05 Å². The second-order valence-corrected chi connectivity index (χ2v) is 6.74. The number of hydrogen-bond acceptors (Lipinski definition) is 3. The highest BCUT2D eigenvalue weighted by molar-refractivity contribution is 7.14. The fourth-order valence-corrected chi connectivity index (χ4v) is 3.88. The molecule has 2 aromatic heterocycles. The summed E-state index contributed by atoms with van der Waals surface area (Å²) in [5.41, 5.74) is 1.38. The van der Waals surface area contributed by atoms with Crippen LogP contribution in [-0.4, -0.2) is 27.8 Å². The van der Waals surface area contributed by atoms with Crippen LogP contribution in [0.25, 0.3) is 0 Å². The summed E-state index contributed by atoms with van der Waals surface area (Å²) >= 11 is 1.66. The Kier molecular flexibility index (Phi) is 3.61. The number of rotatable bonds is 3. The van der Waals surface area contributed by atoms with Crippen molar-refractivity contribution in [3.8, 4) is 0 Å². The molecule has 0 saturated heterocycles. The van der Waals surface area contributed by atoms with Crippen molar-refractivity contribution in [1.82, 2.24) is 14.9 Å². The molecule has 0 spiro atoms. The van der Waals surface area contributed by atoms with Crippen molar-refractivity contribution < 1.29 is 4.79 Å². The van der Waals surface area contributed by atoms with Crippen LogP contribution in [0.3, 0.4) is 0 Å². The van der Waals surface area contributed by atoms with Gasteiger partial charge in [0.2, 0.25) is 0 Å². The van der Waals surface area contributed by atoms with Crippen molar-refractivity contribution in [1.29, 1.82) is 0 Å². The third-order valence-electron chi connectivity index (χ3n) is 3.83. The van der Waals surface area contributed by atoms with E-state index in [0.29, 0.717) is 6.54 Å². The fraction of sp³-hybridized carbons (Fsp3) is 0.467. The molecule has 4 nitrogen and oxygen atoms in total. The number of H-pyrrole nitrogens is 1. The summed E-state index contributed by atoms with van der Waals surface area (Å²) in [5.74, 6) is 1.64. The van der Waals surface area contributed by atoms with Gasteiger partial charge in [-0.3, -0.25) is 4.79 Å². The van der Waals surface area contributed by atoms with Crippen molar-refractivity contribution in [3.63, 3.8) is 0 Å². The van der Waals surface area contributed by atoms with E-state index in [1.54, 1.807) is 28.6 Å². The van der Waals surface area contributed by atoms with Gasteiger partial charge in [0.05, 0.1) is 11.4 Å². The average molecular weight is 289 g/mol. The summed E-state index contributed by atoms with van der Waals surface area (Å²) in [7, 11) is 1.83. The minimum Gasteiger partial charge on any atom is -0.347 e. The molecule has 1 N–H and O–H groups in total. The first kappa shape index (κ1) is 13.4. The zero-order valence-electron chi connectivity index (χ0n) is 11.8. The predicted octanol–water partition coefficient (Wildman–Crippen LogP) is 2.87. The third-order valence-corrected chi connectivity index (χ3v) is 5.05. The van der Waals surface area contributed by atoms with Gasteiger partial charge in [-0.05, 0) is 36.8 Å². The average Bonchev–Trinajstić information content (AvgIpc) is 3.06. The maximum absolute atomic E-state index is 12.5. The number of thiophene rings is 1. The molecular weight excluding hydrogens is 270 g/mol. The predicted molar refractivity (Wildman–Crippen MR) is 79.9 cm³/mol. The SMILES string of the molecule is CC1CCc2sc(C(=O)N(C)Cc3ncc[nH]3)cc2C1. The van der Waals surface area contributed by atoms with Gasteiger partial charge in [0.15, 0.2) is 0 Å². The Morgan fingerprint density at radius 3 is 3.20 bits per heavy atom. The van der Waals surface area contributed by atoms with E-state index >= 15 is 0 Å². The van der Waals surface area contributed by atoms with E-state index in [2.05, 4.69) is 23.0 Å². The van der Waals surface area contributed by atoms with E-state index in [4.69, 9.17) is 0 Å². The van der Waals surface area contributed by atoms with Crippen LogP contribution >= 0.6 is 11.3 Å². The Balaban J connectivity index is 1.74. The smallest absolute Gasteiger partial charge is 0.264 e. The molecule has 1 amide bonds. The molecule has 0 aliphatic heterocycles. The van der Waals surface area contributed by atoms with E-state index in [-0.39, 0.29) is 5.91 Å². The molecule has 0 fully saturated rings. The molecule has 2 aromatic rings. The van der Waals surface area contributed by atoms with E-state index < -0.39 is 0 Å². The molecule has 0 aromatic carbocycles. The molecule has 2 heterocycles. The number of carbonyl (C=O) groups excluding carboxylic acids is 1. The molecule has 3 rings (SSSR count). The lowest BCUT2D eigenvalue weighted by Gasteiger charge is -2.16. The lowest BCUT2D eigenvalue weighted by molar-refractivity contribution is 0.0786. The van der Waals surface area contributed by atoms with Gasteiger partial charge in [0.25, 0.3) is 5.91 Å². The fourth-order valence-electron chi connectivity index (χ4n) is 2.68. The van der Waals surface area contributed by atoms with Crippen LogP contribution in [0.5, 0.6) is 0 Å². The van der Waals surface area contributed by atoms with Crippen molar-refractivity contribution in [2.75, 3.05) is 7.05 Å². The number of nitrogens with one attached hydrogen (secondary N) is 1. The molecule has 0 bridgehead atoms. The number of carbonyl (C=O) groups is 1. The van der Waals surface area contributed by atoms with Crippen molar-refractivity contribution in [2.45, 2.75) is 32.7 Å². The standard InChI is InChI=1S/C15H19N3OS/c1-10-3-4-12-11(7-10)8-13(20-12)15(19)18(2)9-14-16-5-6-17-14/h5-6,8,10H,3-4,7,9H2,1-2H3,(H,16,17). The molecule has 0 saturated carbocycles. The van der Waals surface area contributed by atoms with Crippen LogP contribution in [-0.2, 0) is 19.4 Å². The molecule has 1 atom stereocenters. The van der Waals surface area contributed by atoms with Crippen LogP contribution in [0, 0.1) is 5.92 Å². The Labute approximate surface area is 122 Å². The monoisotopic (exact) mass is 289 g/mol. The highest BCUT2D eigenvalue weighted by Gasteiger charge is 2.22. The lowest BCUT2D eigenvalue weighted by Crippen LogP contribution is -2.25. The number of fused-ring (bicyclic) bond motifs is 1. The van der Waals surface area contributed by atoms with E-state index in [1.165, 1.54) is 16.9 Å². The van der Waals surface area contributed by atoms with Crippen LogP contribution in [0.1, 0.15) is 39.3 Å². The van der Waals surface area contributed by atoms with Crippen LogP contribution in [0.15, 0.2) is 18.5 Å². The molecule has 106 valence electrons. The minimum atomic E-state index is 0.0912. The van der Waals surface area contributed by atoms with Crippen molar-refractivity contribution in [3.05, 3.63) is 39.6 Å². The zero-order valence-corrected chi connectivity index (χ0v) is 12.7. The van der Waals surface area contributed by atoms with E-state index in [0.717, 1.165) is 29.5 Å². The van der Waals surface area contributed by atoms with Gasteiger partial charge < -0.3 is 9.88 Å².